The first-order chi connectivity index (χ1) is 12.1. The fraction of sp³-hybridized carbons (Fsp3) is 0.389. The van der Waals surface area contributed by atoms with Crippen LogP contribution in [0.4, 0.5) is 5.69 Å². The summed E-state index contributed by atoms with van der Waals surface area (Å²) >= 11 is 0. The number of rotatable bonds is 3. The van der Waals surface area contributed by atoms with Gasteiger partial charge in [0.1, 0.15) is 0 Å². The van der Waals surface area contributed by atoms with E-state index in [1.807, 2.05) is 0 Å². The predicted molar refractivity (Wildman–Crippen MR) is 87.2 cm³/mol. The molecule has 0 unspecified atom stereocenters. The van der Waals surface area contributed by atoms with E-state index in [1.54, 1.807) is 12.1 Å². The Labute approximate surface area is 143 Å². The van der Waals surface area contributed by atoms with E-state index in [0.29, 0.717) is 17.4 Å². The number of carbonyl (C=O) groups excluding carboxylic acids is 2. The summed E-state index contributed by atoms with van der Waals surface area (Å²) in [4.78, 5) is 35.7. The van der Waals surface area contributed by atoms with Crippen molar-refractivity contribution >= 4 is 23.7 Å². The van der Waals surface area contributed by atoms with Crippen molar-refractivity contribution in [1.82, 2.24) is 5.01 Å². The molecule has 5 aliphatic rings. The summed E-state index contributed by atoms with van der Waals surface area (Å²) in [5.74, 6) is 0.529. The van der Waals surface area contributed by atoms with Crippen molar-refractivity contribution in [2.45, 2.75) is 6.42 Å². The van der Waals surface area contributed by atoms with E-state index in [9.17, 15) is 19.7 Å². The number of non-ortho nitro benzene ring substituents is 1. The number of allylic oxidation sites excluding steroid dienone is 2. The van der Waals surface area contributed by atoms with Crippen LogP contribution in [0.15, 0.2) is 41.5 Å². The van der Waals surface area contributed by atoms with E-state index in [0.717, 1.165) is 11.4 Å². The minimum atomic E-state index is -0.479. The third kappa shape index (κ3) is 1.95. The van der Waals surface area contributed by atoms with E-state index >= 15 is 0 Å². The molecule has 3 fully saturated rings. The van der Waals surface area contributed by atoms with Gasteiger partial charge in [0.05, 0.1) is 23.0 Å². The molecule has 0 radical (unpaired) electrons. The predicted octanol–water partition coefficient (Wildman–Crippen LogP) is 1.98. The van der Waals surface area contributed by atoms with Crippen molar-refractivity contribution in [3.05, 3.63) is 52.1 Å². The molecule has 0 N–H and O–H groups in total. The molecule has 4 aliphatic carbocycles. The summed E-state index contributed by atoms with van der Waals surface area (Å²) in [5.41, 5.74) is 0.586. The monoisotopic (exact) mass is 337 g/mol. The zero-order valence-electron chi connectivity index (χ0n) is 13.2. The van der Waals surface area contributed by atoms with Gasteiger partial charge in [0.15, 0.2) is 0 Å². The third-order valence-electron chi connectivity index (χ3n) is 6.07. The standard InChI is InChI=1S/C18H15N3O4/c22-17-15-11-5-6-12(14-7-13(11)14)16(15)18(23)20(17)19-8-9-1-3-10(4-2-9)21(24)25/h1-6,8,11-16H,7H2/b19-8-/t11-,12-,13-,14+,15-,16+/m0/s1. The average molecular weight is 337 g/mol. The maximum Gasteiger partial charge on any atom is 0.269 e. The van der Waals surface area contributed by atoms with Crippen LogP contribution >= 0.6 is 0 Å². The average Bonchev–Trinajstić information content (AvgIpc) is 3.39. The Hall–Kier alpha value is -2.83. The summed E-state index contributed by atoms with van der Waals surface area (Å²) in [6.07, 6.45) is 6.78. The highest BCUT2D eigenvalue weighted by molar-refractivity contribution is 6.06. The van der Waals surface area contributed by atoms with Crippen molar-refractivity contribution in [3.8, 4) is 0 Å². The molecule has 1 aromatic rings. The molecule has 2 bridgehead atoms. The van der Waals surface area contributed by atoms with Gasteiger partial charge in [0, 0.05) is 12.1 Å². The Bertz CT molecular complexity index is 824. The number of nitro groups is 1. The number of nitrogens with zero attached hydrogens (tertiary/aromatic N) is 3. The smallest absolute Gasteiger partial charge is 0.269 e. The highest BCUT2D eigenvalue weighted by Gasteiger charge is 2.67. The van der Waals surface area contributed by atoms with Gasteiger partial charge in [-0.2, -0.15) is 10.1 Å². The van der Waals surface area contributed by atoms with Gasteiger partial charge in [0.25, 0.3) is 17.5 Å². The SMILES string of the molecule is O=C1[C@@H]2[C@H]3C=C[C@@H]([C@@H]4C[C@H]34)[C@@H]2C(=O)N1/N=C\c1ccc([N+](=O)[O-])cc1. The summed E-state index contributed by atoms with van der Waals surface area (Å²) < 4.78 is 0. The number of hydrogen-bond acceptors (Lipinski definition) is 5. The Kier molecular flexibility index (Phi) is 2.81. The number of carbonyl (C=O) groups is 2. The number of benzene rings is 1. The third-order valence-corrected chi connectivity index (χ3v) is 6.07. The Morgan fingerprint density at radius 3 is 2.12 bits per heavy atom. The van der Waals surface area contributed by atoms with Gasteiger partial charge in [-0.25, -0.2) is 0 Å². The summed E-state index contributed by atoms with van der Waals surface area (Å²) in [7, 11) is 0. The largest absolute Gasteiger partial charge is 0.272 e. The van der Waals surface area contributed by atoms with E-state index in [-0.39, 0.29) is 41.2 Å². The number of nitro benzene ring substituents is 1. The van der Waals surface area contributed by atoms with Crippen LogP contribution in [0.3, 0.4) is 0 Å². The topological polar surface area (TPSA) is 92.9 Å². The number of amides is 2. The molecule has 1 heterocycles. The van der Waals surface area contributed by atoms with E-state index in [1.165, 1.54) is 18.3 Å². The highest BCUT2D eigenvalue weighted by Crippen LogP contribution is 2.65. The first-order valence-electron chi connectivity index (χ1n) is 8.41. The van der Waals surface area contributed by atoms with Crippen LogP contribution in [0.5, 0.6) is 0 Å². The maximum atomic E-state index is 12.7. The first kappa shape index (κ1) is 14.5. The maximum absolute atomic E-state index is 12.7. The Morgan fingerprint density at radius 1 is 1.04 bits per heavy atom. The molecule has 7 nitrogen and oxygen atoms in total. The van der Waals surface area contributed by atoms with Crippen molar-refractivity contribution in [1.29, 1.82) is 0 Å². The van der Waals surface area contributed by atoms with Gasteiger partial charge < -0.3 is 0 Å². The molecule has 6 rings (SSSR count). The van der Waals surface area contributed by atoms with Crippen LogP contribution < -0.4 is 0 Å². The normalized spacial score (nSPS) is 37.5. The van der Waals surface area contributed by atoms with Crippen LogP contribution in [0, 0.1) is 45.6 Å². The molecular weight excluding hydrogens is 322 g/mol. The molecule has 2 amide bonds. The lowest BCUT2D eigenvalue weighted by molar-refractivity contribution is -0.384. The van der Waals surface area contributed by atoms with Crippen LogP contribution in [-0.2, 0) is 9.59 Å². The fourth-order valence-corrected chi connectivity index (χ4v) is 4.86. The van der Waals surface area contributed by atoms with Crippen molar-refractivity contribution in [2.75, 3.05) is 0 Å². The minimum absolute atomic E-state index is 0.0154. The lowest BCUT2D eigenvalue weighted by atomic mass is 9.63. The zero-order valence-corrected chi connectivity index (χ0v) is 13.2. The van der Waals surface area contributed by atoms with Crippen molar-refractivity contribution in [3.63, 3.8) is 0 Å². The minimum Gasteiger partial charge on any atom is -0.272 e. The molecule has 126 valence electrons. The molecule has 1 saturated heterocycles. The molecule has 7 heteroatoms. The lowest BCUT2D eigenvalue weighted by Gasteiger charge is -2.37. The molecule has 0 spiro atoms. The highest BCUT2D eigenvalue weighted by atomic mass is 16.6. The van der Waals surface area contributed by atoms with Crippen LogP contribution in [0.1, 0.15) is 12.0 Å². The molecule has 25 heavy (non-hydrogen) atoms. The molecule has 6 atom stereocenters. The molecule has 1 aromatic carbocycles. The van der Waals surface area contributed by atoms with Crippen molar-refractivity contribution in [2.24, 2.45) is 40.6 Å². The Morgan fingerprint density at radius 2 is 1.60 bits per heavy atom. The van der Waals surface area contributed by atoms with Gasteiger partial charge in [-0.1, -0.05) is 12.2 Å². The second kappa shape index (κ2) is 4.84. The van der Waals surface area contributed by atoms with Gasteiger partial charge in [-0.15, -0.1) is 0 Å². The van der Waals surface area contributed by atoms with Gasteiger partial charge >= 0.3 is 0 Å². The van der Waals surface area contributed by atoms with Crippen LogP contribution in [0.25, 0.3) is 0 Å². The van der Waals surface area contributed by atoms with E-state index in [2.05, 4.69) is 17.3 Å². The number of hydrogen-bond donors (Lipinski definition) is 0. The summed E-state index contributed by atoms with van der Waals surface area (Å²) in [5, 5.41) is 15.8. The molecular formula is C18H15N3O4. The Balaban J connectivity index is 1.39. The van der Waals surface area contributed by atoms with E-state index < -0.39 is 4.92 Å². The zero-order chi connectivity index (χ0) is 17.3. The van der Waals surface area contributed by atoms with E-state index in [4.69, 9.17) is 0 Å². The second-order valence-electron chi connectivity index (χ2n) is 7.24. The summed E-state index contributed by atoms with van der Waals surface area (Å²) in [6, 6.07) is 5.82. The number of imide groups is 1. The fourth-order valence-electron chi connectivity index (χ4n) is 4.86. The molecule has 1 aliphatic heterocycles. The van der Waals surface area contributed by atoms with Gasteiger partial charge in [-0.05, 0) is 47.8 Å². The first-order valence-corrected chi connectivity index (χ1v) is 8.41. The van der Waals surface area contributed by atoms with Crippen LogP contribution in [0.2, 0.25) is 0 Å². The summed E-state index contributed by atoms with van der Waals surface area (Å²) in [6.45, 7) is 0. The van der Waals surface area contributed by atoms with Gasteiger partial charge in [0.2, 0.25) is 0 Å². The molecule has 2 saturated carbocycles. The molecule has 0 aromatic heterocycles. The van der Waals surface area contributed by atoms with Crippen molar-refractivity contribution < 1.29 is 14.5 Å². The second-order valence-corrected chi connectivity index (χ2v) is 7.24. The van der Waals surface area contributed by atoms with Gasteiger partial charge in [-0.3, -0.25) is 19.7 Å². The quantitative estimate of drug-likeness (QED) is 0.277. The number of hydrazone groups is 1. The lowest BCUT2D eigenvalue weighted by Crippen LogP contribution is -2.40. The van der Waals surface area contributed by atoms with Crippen LogP contribution in [-0.4, -0.2) is 28.0 Å².